The molecule has 1 aliphatic carbocycles. The van der Waals surface area contributed by atoms with Crippen LogP contribution in [-0.2, 0) is 6.42 Å². The van der Waals surface area contributed by atoms with E-state index in [0.29, 0.717) is 23.5 Å². The number of aryl methyl sites for hydroxylation is 1. The van der Waals surface area contributed by atoms with E-state index in [9.17, 15) is 8.78 Å². The minimum absolute atomic E-state index is 0.107. The molecule has 3 rings (SSSR count). The van der Waals surface area contributed by atoms with Gasteiger partial charge >= 0.3 is 0 Å². The largest absolute Gasteiger partial charge is 0.206 e. The second-order valence-corrected chi connectivity index (χ2v) is 7.24. The zero-order chi connectivity index (χ0) is 19.2. The van der Waals surface area contributed by atoms with Crippen molar-refractivity contribution in [2.45, 2.75) is 51.4 Å². The van der Waals surface area contributed by atoms with Crippen molar-refractivity contribution >= 4 is 0 Å². The molecule has 0 unspecified atom stereocenters. The van der Waals surface area contributed by atoms with Crippen LogP contribution in [0.5, 0.6) is 0 Å². The van der Waals surface area contributed by atoms with Crippen molar-refractivity contribution in [1.82, 2.24) is 0 Å². The molecule has 0 atom stereocenters. The summed E-state index contributed by atoms with van der Waals surface area (Å²) in [6.45, 7) is 1.98. The average molecular weight is 363 g/mol. The third-order valence-corrected chi connectivity index (χ3v) is 5.28. The topological polar surface area (TPSA) is 23.8 Å². The molecule has 27 heavy (non-hydrogen) atoms. The maximum atomic E-state index is 14.2. The van der Waals surface area contributed by atoms with Gasteiger partial charge in [-0.1, -0.05) is 37.3 Å². The van der Waals surface area contributed by atoms with Gasteiger partial charge in [0.1, 0.15) is 11.6 Å². The van der Waals surface area contributed by atoms with Gasteiger partial charge in [0.15, 0.2) is 0 Å². The first-order chi connectivity index (χ1) is 13.1. The highest BCUT2D eigenvalue weighted by Gasteiger charge is 2.21. The van der Waals surface area contributed by atoms with E-state index < -0.39 is 11.6 Å². The van der Waals surface area contributed by atoms with E-state index in [4.69, 9.17) is 5.26 Å². The van der Waals surface area contributed by atoms with Gasteiger partial charge in [-0.3, -0.25) is 0 Å². The predicted octanol–water partition coefficient (Wildman–Crippen LogP) is 6.11. The van der Waals surface area contributed by atoms with Gasteiger partial charge in [0.2, 0.25) is 0 Å². The SMILES string of the molecule is CCCc1cc(F)c(C#CC2CCC(c3ccc(C#N)cc3)CC2)c(F)c1. The number of hydrogen-bond acceptors (Lipinski definition) is 1. The van der Waals surface area contributed by atoms with Crippen LogP contribution in [0.4, 0.5) is 8.78 Å². The smallest absolute Gasteiger partial charge is 0.142 e. The first-order valence-corrected chi connectivity index (χ1v) is 9.60. The van der Waals surface area contributed by atoms with Crippen LogP contribution < -0.4 is 0 Å². The summed E-state index contributed by atoms with van der Waals surface area (Å²) in [6, 6.07) is 12.7. The van der Waals surface area contributed by atoms with Gasteiger partial charge in [-0.25, -0.2) is 8.78 Å². The fraction of sp³-hybridized carbons (Fsp3) is 0.375. The number of nitrogens with zero attached hydrogens (tertiary/aromatic N) is 1. The molecule has 0 amide bonds. The number of hydrogen-bond donors (Lipinski definition) is 0. The van der Waals surface area contributed by atoms with Gasteiger partial charge in [-0.15, -0.1) is 0 Å². The summed E-state index contributed by atoms with van der Waals surface area (Å²) < 4.78 is 28.3. The van der Waals surface area contributed by atoms with Gasteiger partial charge in [0, 0.05) is 5.92 Å². The van der Waals surface area contributed by atoms with Crippen LogP contribution in [0, 0.1) is 40.7 Å². The molecule has 138 valence electrons. The van der Waals surface area contributed by atoms with E-state index in [2.05, 4.69) is 17.9 Å². The second kappa shape index (κ2) is 8.83. The Bertz CT molecular complexity index is 866. The van der Waals surface area contributed by atoms with E-state index >= 15 is 0 Å². The second-order valence-electron chi connectivity index (χ2n) is 7.24. The molecule has 0 bridgehead atoms. The number of rotatable bonds is 3. The van der Waals surface area contributed by atoms with E-state index in [1.807, 2.05) is 31.2 Å². The molecule has 0 heterocycles. The van der Waals surface area contributed by atoms with Crippen molar-refractivity contribution in [3.8, 4) is 17.9 Å². The normalized spacial score (nSPS) is 19.0. The minimum Gasteiger partial charge on any atom is -0.206 e. The molecule has 2 aromatic rings. The number of benzene rings is 2. The number of nitriles is 1. The molecule has 0 saturated heterocycles. The summed E-state index contributed by atoms with van der Waals surface area (Å²) in [7, 11) is 0. The molecular weight excluding hydrogens is 340 g/mol. The third-order valence-electron chi connectivity index (χ3n) is 5.28. The molecule has 0 spiro atoms. The fourth-order valence-corrected chi connectivity index (χ4v) is 3.75. The molecule has 1 saturated carbocycles. The van der Waals surface area contributed by atoms with Crippen molar-refractivity contribution in [3.05, 3.63) is 70.3 Å². The Kier molecular flexibility index (Phi) is 6.25. The quantitative estimate of drug-likeness (QED) is 0.603. The van der Waals surface area contributed by atoms with Gasteiger partial charge < -0.3 is 0 Å². The summed E-state index contributed by atoms with van der Waals surface area (Å²) in [4.78, 5) is 0. The molecule has 1 nitrogen and oxygen atoms in total. The lowest BCUT2D eigenvalue weighted by atomic mass is 9.79. The van der Waals surface area contributed by atoms with Crippen LogP contribution in [0.1, 0.15) is 67.2 Å². The summed E-state index contributed by atoms with van der Waals surface area (Å²) in [5, 5.41) is 8.89. The Balaban J connectivity index is 1.64. The van der Waals surface area contributed by atoms with Gasteiger partial charge in [-0.05, 0) is 73.4 Å². The zero-order valence-electron chi connectivity index (χ0n) is 15.6. The standard InChI is InChI=1S/C24H23F2N/c1-2-3-19-14-23(25)22(24(26)15-19)13-8-17-4-9-20(10-5-17)21-11-6-18(16-27)7-12-21/h6-7,11-12,14-15,17,20H,2-5,9-10H2,1H3. The highest BCUT2D eigenvalue weighted by atomic mass is 19.1. The van der Waals surface area contributed by atoms with E-state index in [-0.39, 0.29) is 11.5 Å². The van der Waals surface area contributed by atoms with E-state index in [0.717, 1.165) is 32.1 Å². The Morgan fingerprint density at radius 2 is 1.63 bits per heavy atom. The Labute approximate surface area is 160 Å². The van der Waals surface area contributed by atoms with Gasteiger partial charge in [0.05, 0.1) is 17.2 Å². The molecule has 2 aromatic carbocycles. The Morgan fingerprint density at radius 1 is 1.00 bits per heavy atom. The van der Waals surface area contributed by atoms with Crippen molar-refractivity contribution in [2.75, 3.05) is 0 Å². The van der Waals surface area contributed by atoms with Crippen molar-refractivity contribution in [1.29, 1.82) is 5.26 Å². The van der Waals surface area contributed by atoms with Crippen LogP contribution in [0.25, 0.3) is 0 Å². The molecule has 1 aliphatic rings. The summed E-state index contributed by atoms with van der Waals surface area (Å²) in [5.41, 5.74) is 2.50. The molecule has 1 fully saturated rings. The Morgan fingerprint density at radius 3 is 2.19 bits per heavy atom. The molecule has 0 aromatic heterocycles. The monoisotopic (exact) mass is 363 g/mol. The van der Waals surface area contributed by atoms with Gasteiger partial charge in [0.25, 0.3) is 0 Å². The molecule has 0 aliphatic heterocycles. The summed E-state index contributed by atoms with van der Waals surface area (Å²) in [6.07, 6.45) is 5.38. The third kappa shape index (κ3) is 4.75. The minimum atomic E-state index is -0.558. The zero-order valence-corrected chi connectivity index (χ0v) is 15.6. The maximum absolute atomic E-state index is 14.2. The number of halogens is 2. The van der Waals surface area contributed by atoms with Crippen LogP contribution in [-0.4, -0.2) is 0 Å². The van der Waals surface area contributed by atoms with Crippen molar-refractivity contribution in [3.63, 3.8) is 0 Å². The van der Waals surface area contributed by atoms with Crippen LogP contribution in [0.15, 0.2) is 36.4 Å². The van der Waals surface area contributed by atoms with E-state index in [1.165, 1.54) is 17.7 Å². The van der Waals surface area contributed by atoms with E-state index in [1.54, 1.807) is 0 Å². The lowest BCUT2D eigenvalue weighted by molar-refractivity contribution is 0.384. The van der Waals surface area contributed by atoms with Crippen LogP contribution >= 0.6 is 0 Å². The molecular formula is C24H23F2N. The molecule has 0 radical (unpaired) electrons. The van der Waals surface area contributed by atoms with Crippen molar-refractivity contribution < 1.29 is 8.78 Å². The summed E-state index contributed by atoms with van der Waals surface area (Å²) >= 11 is 0. The predicted molar refractivity (Wildman–Crippen MR) is 103 cm³/mol. The molecule has 0 N–H and O–H groups in total. The van der Waals surface area contributed by atoms with Gasteiger partial charge in [-0.2, -0.15) is 5.26 Å². The lowest BCUT2D eigenvalue weighted by Crippen LogP contribution is -2.12. The maximum Gasteiger partial charge on any atom is 0.142 e. The average Bonchev–Trinajstić information content (AvgIpc) is 2.68. The lowest BCUT2D eigenvalue weighted by Gasteiger charge is -2.26. The highest BCUT2D eigenvalue weighted by molar-refractivity contribution is 5.40. The highest BCUT2D eigenvalue weighted by Crippen LogP contribution is 2.35. The first kappa shape index (κ1) is 19.1. The fourth-order valence-electron chi connectivity index (χ4n) is 3.75. The molecule has 3 heteroatoms. The van der Waals surface area contributed by atoms with Crippen LogP contribution in [0.3, 0.4) is 0 Å². The summed E-state index contributed by atoms with van der Waals surface area (Å²) in [5.74, 6) is 5.37. The van der Waals surface area contributed by atoms with Crippen molar-refractivity contribution in [2.24, 2.45) is 5.92 Å². The first-order valence-electron chi connectivity index (χ1n) is 9.60. The van der Waals surface area contributed by atoms with Crippen LogP contribution in [0.2, 0.25) is 0 Å². The Hall–Kier alpha value is -2.65.